The lowest BCUT2D eigenvalue weighted by atomic mass is 9.99. The summed E-state index contributed by atoms with van der Waals surface area (Å²) in [4.78, 5) is 4.21. The predicted octanol–water partition coefficient (Wildman–Crippen LogP) is 8.21. The number of nitrogens with zero attached hydrogens (tertiary/aromatic N) is 1. The van der Waals surface area contributed by atoms with Gasteiger partial charge in [0.15, 0.2) is 0 Å². The van der Waals surface area contributed by atoms with Crippen LogP contribution in [0, 0.1) is 0 Å². The Morgan fingerprint density at radius 2 is 1.12 bits per heavy atom. The number of pyridine rings is 1. The summed E-state index contributed by atoms with van der Waals surface area (Å²) >= 11 is 0. The standard InChI is InChI=1S/C29H17NO2/c1-2-6-24-22(5-1)28-25(31-24)13-14-26-29(28)23-12-11-20(16-27(23)32-26)18-7-9-19(10-8-18)21-4-3-15-30-17-21/h1-17H. The average Bonchev–Trinajstić information content (AvgIpc) is 3.42. The first-order chi connectivity index (χ1) is 15.8. The van der Waals surface area contributed by atoms with Crippen LogP contribution in [0.1, 0.15) is 0 Å². The van der Waals surface area contributed by atoms with E-state index in [-0.39, 0.29) is 0 Å². The highest BCUT2D eigenvalue weighted by Gasteiger charge is 2.16. The summed E-state index contributed by atoms with van der Waals surface area (Å²) in [6.07, 6.45) is 3.68. The number of furan rings is 2. The fourth-order valence-corrected chi connectivity index (χ4v) is 4.65. The van der Waals surface area contributed by atoms with Gasteiger partial charge in [0.2, 0.25) is 0 Å². The maximum Gasteiger partial charge on any atom is 0.136 e. The number of aromatic nitrogens is 1. The summed E-state index contributed by atoms with van der Waals surface area (Å²) in [5, 5.41) is 4.45. The summed E-state index contributed by atoms with van der Waals surface area (Å²) in [7, 11) is 0. The molecule has 3 nitrogen and oxygen atoms in total. The van der Waals surface area contributed by atoms with Gasteiger partial charge in [0.05, 0.1) is 0 Å². The fraction of sp³-hybridized carbons (Fsp3) is 0. The molecule has 0 atom stereocenters. The number of fused-ring (bicyclic) bond motifs is 7. The Bertz CT molecular complexity index is 1760. The van der Waals surface area contributed by atoms with E-state index < -0.39 is 0 Å². The molecule has 0 aliphatic carbocycles. The third-order valence-electron chi connectivity index (χ3n) is 6.19. The van der Waals surface area contributed by atoms with E-state index in [2.05, 4.69) is 59.6 Å². The molecule has 3 aromatic heterocycles. The Kier molecular flexibility index (Phi) is 3.55. The third-order valence-corrected chi connectivity index (χ3v) is 6.19. The molecule has 7 aromatic rings. The Morgan fingerprint density at radius 3 is 1.88 bits per heavy atom. The van der Waals surface area contributed by atoms with Gasteiger partial charge in [0, 0.05) is 33.9 Å². The van der Waals surface area contributed by atoms with E-state index in [0.29, 0.717) is 0 Å². The van der Waals surface area contributed by atoms with E-state index in [1.165, 1.54) is 0 Å². The second-order valence-corrected chi connectivity index (χ2v) is 8.04. The predicted molar refractivity (Wildman–Crippen MR) is 130 cm³/mol. The van der Waals surface area contributed by atoms with Crippen LogP contribution in [0.5, 0.6) is 0 Å². The van der Waals surface area contributed by atoms with Gasteiger partial charge in [-0.15, -0.1) is 0 Å². The van der Waals surface area contributed by atoms with Crippen molar-refractivity contribution in [3.05, 3.63) is 103 Å². The van der Waals surface area contributed by atoms with Crippen molar-refractivity contribution < 1.29 is 8.83 Å². The van der Waals surface area contributed by atoms with E-state index in [9.17, 15) is 0 Å². The van der Waals surface area contributed by atoms with E-state index >= 15 is 0 Å². The Labute approximate surface area is 183 Å². The molecule has 32 heavy (non-hydrogen) atoms. The Morgan fingerprint density at radius 1 is 0.469 bits per heavy atom. The van der Waals surface area contributed by atoms with Gasteiger partial charge in [-0.2, -0.15) is 0 Å². The van der Waals surface area contributed by atoms with Gasteiger partial charge >= 0.3 is 0 Å². The Hall–Kier alpha value is -4.37. The molecular weight excluding hydrogens is 394 g/mol. The quantitative estimate of drug-likeness (QED) is 0.288. The van der Waals surface area contributed by atoms with Crippen molar-refractivity contribution in [3.63, 3.8) is 0 Å². The van der Waals surface area contributed by atoms with Crippen LogP contribution in [0.3, 0.4) is 0 Å². The van der Waals surface area contributed by atoms with Gasteiger partial charge in [-0.05, 0) is 58.7 Å². The highest BCUT2D eigenvalue weighted by Crippen LogP contribution is 2.40. The molecule has 150 valence electrons. The minimum Gasteiger partial charge on any atom is -0.456 e. The largest absolute Gasteiger partial charge is 0.456 e. The van der Waals surface area contributed by atoms with Crippen LogP contribution in [0.4, 0.5) is 0 Å². The lowest BCUT2D eigenvalue weighted by Gasteiger charge is -2.05. The molecule has 7 rings (SSSR count). The van der Waals surface area contributed by atoms with Gasteiger partial charge in [-0.25, -0.2) is 0 Å². The van der Waals surface area contributed by atoms with Gasteiger partial charge in [-0.1, -0.05) is 54.6 Å². The maximum absolute atomic E-state index is 6.28. The minimum absolute atomic E-state index is 0.878. The van der Waals surface area contributed by atoms with Crippen LogP contribution in [0.15, 0.2) is 112 Å². The molecule has 0 aliphatic heterocycles. The van der Waals surface area contributed by atoms with Crippen molar-refractivity contribution in [3.8, 4) is 22.3 Å². The molecular formula is C29H17NO2. The van der Waals surface area contributed by atoms with Gasteiger partial charge in [-0.3, -0.25) is 4.98 Å². The first-order valence-electron chi connectivity index (χ1n) is 10.6. The number of para-hydroxylation sites is 1. The first-order valence-corrected chi connectivity index (χ1v) is 10.6. The molecule has 0 unspecified atom stereocenters. The van der Waals surface area contributed by atoms with Crippen molar-refractivity contribution in [2.45, 2.75) is 0 Å². The molecule has 0 bridgehead atoms. The summed E-state index contributed by atoms with van der Waals surface area (Å²) in [6, 6.07) is 31.2. The molecule has 0 spiro atoms. The minimum atomic E-state index is 0.878. The monoisotopic (exact) mass is 411 g/mol. The van der Waals surface area contributed by atoms with E-state index in [1.54, 1.807) is 6.20 Å². The van der Waals surface area contributed by atoms with Crippen LogP contribution in [-0.2, 0) is 0 Å². The summed E-state index contributed by atoms with van der Waals surface area (Å²) < 4.78 is 12.4. The summed E-state index contributed by atoms with van der Waals surface area (Å²) in [6.45, 7) is 0. The number of hydrogen-bond donors (Lipinski definition) is 0. The molecule has 3 heterocycles. The molecule has 0 radical (unpaired) electrons. The third kappa shape index (κ3) is 2.51. The van der Waals surface area contributed by atoms with Gasteiger partial charge in [0.25, 0.3) is 0 Å². The summed E-state index contributed by atoms with van der Waals surface area (Å²) in [5.74, 6) is 0. The van der Waals surface area contributed by atoms with E-state index in [1.807, 2.05) is 42.6 Å². The zero-order valence-corrected chi connectivity index (χ0v) is 17.1. The number of benzene rings is 4. The molecule has 0 fully saturated rings. The van der Waals surface area contributed by atoms with Gasteiger partial charge < -0.3 is 8.83 Å². The summed E-state index contributed by atoms with van der Waals surface area (Å²) in [5.41, 5.74) is 8.09. The average molecular weight is 411 g/mol. The number of hydrogen-bond acceptors (Lipinski definition) is 3. The lowest BCUT2D eigenvalue weighted by Crippen LogP contribution is -1.81. The molecule has 4 aromatic carbocycles. The van der Waals surface area contributed by atoms with Crippen LogP contribution >= 0.6 is 0 Å². The van der Waals surface area contributed by atoms with E-state index in [0.717, 1.165) is 66.1 Å². The maximum atomic E-state index is 6.28. The lowest BCUT2D eigenvalue weighted by molar-refractivity contribution is 0.663. The molecule has 0 amide bonds. The molecule has 0 saturated carbocycles. The molecule has 0 N–H and O–H groups in total. The molecule has 0 saturated heterocycles. The SMILES string of the molecule is c1cncc(-c2ccc(-c3ccc4c(c3)oc3ccc5oc6ccccc6c5c34)cc2)c1. The van der Waals surface area contributed by atoms with Crippen LogP contribution < -0.4 is 0 Å². The highest BCUT2D eigenvalue weighted by atomic mass is 16.3. The molecule has 0 aliphatic rings. The topological polar surface area (TPSA) is 39.2 Å². The first kappa shape index (κ1) is 17.3. The highest BCUT2D eigenvalue weighted by molar-refractivity contribution is 6.25. The van der Waals surface area contributed by atoms with Crippen molar-refractivity contribution >= 4 is 43.9 Å². The smallest absolute Gasteiger partial charge is 0.136 e. The normalized spacial score (nSPS) is 11.8. The second-order valence-electron chi connectivity index (χ2n) is 8.04. The van der Waals surface area contributed by atoms with Crippen molar-refractivity contribution in [2.24, 2.45) is 0 Å². The van der Waals surface area contributed by atoms with Gasteiger partial charge in [0.1, 0.15) is 22.3 Å². The second kappa shape index (κ2) is 6.56. The van der Waals surface area contributed by atoms with Crippen molar-refractivity contribution in [1.29, 1.82) is 0 Å². The fourth-order valence-electron chi connectivity index (χ4n) is 4.65. The number of rotatable bonds is 2. The molecule has 3 heteroatoms. The van der Waals surface area contributed by atoms with Crippen LogP contribution in [0.2, 0.25) is 0 Å². The van der Waals surface area contributed by atoms with Crippen molar-refractivity contribution in [1.82, 2.24) is 4.98 Å². The van der Waals surface area contributed by atoms with Crippen LogP contribution in [-0.4, -0.2) is 4.98 Å². The zero-order chi connectivity index (χ0) is 21.1. The zero-order valence-electron chi connectivity index (χ0n) is 17.1. The van der Waals surface area contributed by atoms with E-state index in [4.69, 9.17) is 8.83 Å². The Balaban J connectivity index is 1.39. The van der Waals surface area contributed by atoms with Crippen molar-refractivity contribution in [2.75, 3.05) is 0 Å². The van der Waals surface area contributed by atoms with Crippen LogP contribution in [0.25, 0.3) is 66.1 Å².